The molecule has 2 unspecified atom stereocenters. The molecule has 2 atom stereocenters. The largest absolute Gasteiger partial charge is 0.397 e. The summed E-state index contributed by atoms with van der Waals surface area (Å²) in [6.07, 6.45) is 26.4. The fourth-order valence-electron chi connectivity index (χ4n) is 10.4. The van der Waals surface area contributed by atoms with Crippen LogP contribution in [0.5, 0.6) is 0 Å². The molecule has 0 radical (unpaired) electrons. The summed E-state index contributed by atoms with van der Waals surface area (Å²) in [6, 6.07) is 39.8. The normalized spacial score (nSPS) is 20.6. The van der Waals surface area contributed by atoms with Crippen LogP contribution in [-0.4, -0.2) is 16.9 Å². The topological polar surface area (TPSA) is 46.5 Å². The summed E-state index contributed by atoms with van der Waals surface area (Å²) >= 11 is 0. The predicted octanol–water partition coefficient (Wildman–Crippen LogP) is 12.5. The summed E-state index contributed by atoms with van der Waals surface area (Å²) in [5, 5.41) is 3.58. The Hall–Kier alpha value is -6.91. The van der Waals surface area contributed by atoms with Crippen molar-refractivity contribution >= 4 is 51.5 Å². The third-order valence-electron chi connectivity index (χ3n) is 13.6. The molecule has 1 aliphatic heterocycles. The lowest BCUT2D eigenvalue weighted by Crippen LogP contribution is -2.36. The van der Waals surface area contributed by atoms with Gasteiger partial charge in [-0.3, -0.25) is 4.57 Å². The molecule has 0 saturated carbocycles. The van der Waals surface area contributed by atoms with Crippen LogP contribution in [0.2, 0.25) is 0 Å². The smallest absolute Gasteiger partial charge is 0.118 e. The molecule has 4 nitrogen and oxygen atoms in total. The zero-order valence-electron chi connectivity index (χ0n) is 36.4. The van der Waals surface area contributed by atoms with Gasteiger partial charge in [-0.25, -0.2) is 4.99 Å². The number of aromatic nitrogens is 1. The summed E-state index contributed by atoms with van der Waals surface area (Å²) < 4.78 is 2.42. The minimum absolute atomic E-state index is 0.109. The van der Waals surface area contributed by atoms with Gasteiger partial charge >= 0.3 is 0 Å². The molecule has 4 aliphatic rings. The highest BCUT2D eigenvalue weighted by atomic mass is 15.1. The molecule has 6 aromatic rings. The van der Waals surface area contributed by atoms with Crippen LogP contribution in [0.3, 0.4) is 0 Å². The first kappa shape index (κ1) is 39.2. The third kappa shape index (κ3) is 6.66. The zero-order chi connectivity index (χ0) is 42.5. The van der Waals surface area contributed by atoms with E-state index in [9.17, 15) is 0 Å². The molecule has 0 bridgehead atoms. The second-order valence-electron chi connectivity index (χ2n) is 17.6. The summed E-state index contributed by atoms with van der Waals surface area (Å²) in [5.41, 5.74) is 23.5. The zero-order valence-corrected chi connectivity index (χ0v) is 36.4. The Bertz CT molecular complexity index is 3140. The maximum atomic E-state index is 6.69. The maximum Gasteiger partial charge on any atom is 0.118 e. The molecule has 0 amide bonds. The van der Waals surface area contributed by atoms with Gasteiger partial charge in [-0.1, -0.05) is 173 Å². The van der Waals surface area contributed by atoms with E-state index in [1.807, 2.05) is 24.3 Å². The van der Waals surface area contributed by atoms with Gasteiger partial charge in [-0.05, 0) is 93.3 Å². The molecule has 10 rings (SSSR count). The van der Waals surface area contributed by atoms with Crippen molar-refractivity contribution in [1.82, 2.24) is 4.57 Å². The molecule has 62 heavy (non-hydrogen) atoms. The average Bonchev–Trinajstić information content (AvgIpc) is 3.60. The highest BCUT2D eigenvalue weighted by Gasteiger charge is 2.35. The monoisotopic (exact) mass is 806 g/mol. The number of hydrogen-bond acceptors (Lipinski definition) is 3. The van der Waals surface area contributed by atoms with Crippen LogP contribution in [0.15, 0.2) is 180 Å². The molecule has 306 valence electrons. The van der Waals surface area contributed by atoms with Gasteiger partial charge in [-0.15, -0.1) is 0 Å². The SMILES string of the molecule is C/C=c1\c(=C2\C=CC=CC2C)c2cc(N3C/C=C\c4ccccc4C(C)C4=C3CC=CC=C4)ccc2n1C(Cc1ccc2c(c1)C(C)(C)c1ccccc1-2)=Nc1ccccc1N. The molecule has 3 aliphatic carbocycles. The van der Waals surface area contributed by atoms with Gasteiger partial charge in [0, 0.05) is 52.7 Å². The van der Waals surface area contributed by atoms with E-state index in [4.69, 9.17) is 10.7 Å². The minimum Gasteiger partial charge on any atom is -0.397 e. The molecule has 5 aromatic carbocycles. The van der Waals surface area contributed by atoms with Crippen LogP contribution in [0.1, 0.15) is 74.8 Å². The summed E-state index contributed by atoms with van der Waals surface area (Å²) in [4.78, 5) is 8.06. The minimum atomic E-state index is -0.109. The highest BCUT2D eigenvalue weighted by Crippen LogP contribution is 2.49. The van der Waals surface area contributed by atoms with Crippen molar-refractivity contribution in [3.63, 3.8) is 0 Å². The number of hydrogen-bond donors (Lipinski definition) is 1. The number of nitrogen functional groups attached to an aromatic ring is 1. The van der Waals surface area contributed by atoms with Crippen molar-refractivity contribution in [3.05, 3.63) is 214 Å². The number of benzene rings is 5. The lowest BCUT2D eigenvalue weighted by atomic mass is 9.82. The van der Waals surface area contributed by atoms with Gasteiger partial charge in [0.05, 0.1) is 22.2 Å². The highest BCUT2D eigenvalue weighted by molar-refractivity contribution is 6.01. The number of allylic oxidation sites excluding steroid dienone is 9. The van der Waals surface area contributed by atoms with Crippen LogP contribution in [-0.2, 0) is 11.8 Å². The average molecular weight is 807 g/mol. The standard InChI is InChI=1S/C58H54N4/c1-6-53-57(43-22-12-10-19-38(43)2)48-37-42(61-34-18-21-41-20-11-13-23-44(41)39(3)45-24-8-7-9-29-54(45)61)31-33-55(48)62(53)56(60-52-28-17-16-27-51(52)59)36-40-30-32-47-46-25-14-15-26-49(46)58(4,5)50(47)35-40/h6-28,30-33,35,37-39H,29,34,36,59H2,1-5H3/b21-18-,53-6+,57-43-,60-56?. The Labute approximate surface area is 366 Å². The molecular formula is C58H54N4. The van der Waals surface area contributed by atoms with Crippen molar-refractivity contribution in [1.29, 1.82) is 0 Å². The van der Waals surface area contributed by atoms with Crippen LogP contribution < -0.4 is 21.2 Å². The third-order valence-corrected chi connectivity index (χ3v) is 13.6. The molecular weight excluding hydrogens is 753 g/mol. The van der Waals surface area contributed by atoms with Gasteiger partial charge in [0.2, 0.25) is 0 Å². The lowest BCUT2D eigenvalue weighted by Gasteiger charge is -2.30. The summed E-state index contributed by atoms with van der Waals surface area (Å²) in [7, 11) is 0. The van der Waals surface area contributed by atoms with Gasteiger partial charge in [-0.2, -0.15) is 0 Å². The Balaban J connectivity index is 1.20. The van der Waals surface area contributed by atoms with E-state index in [-0.39, 0.29) is 17.3 Å². The van der Waals surface area contributed by atoms with Gasteiger partial charge in [0.1, 0.15) is 5.84 Å². The molecule has 0 fully saturated rings. The fraction of sp³-hybridized carbons (Fsp3) is 0.190. The number of anilines is 2. The number of nitrogens with zero attached hydrogens (tertiary/aromatic N) is 3. The number of aliphatic imine (C=N–C) groups is 1. The van der Waals surface area contributed by atoms with Gasteiger partial charge in [0.25, 0.3) is 0 Å². The first-order valence-corrected chi connectivity index (χ1v) is 22.2. The van der Waals surface area contributed by atoms with Crippen molar-refractivity contribution in [2.75, 3.05) is 17.2 Å². The number of nitrogens with two attached hydrogens (primary N) is 1. The quantitative estimate of drug-likeness (QED) is 0.110. The van der Waals surface area contributed by atoms with E-state index in [1.165, 1.54) is 72.1 Å². The molecule has 0 saturated heterocycles. The molecule has 4 heteroatoms. The second-order valence-corrected chi connectivity index (χ2v) is 17.6. The molecule has 2 N–H and O–H groups in total. The van der Waals surface area contributed by atoms with E-state index in [2.05, 4.69) is 196 Å². The van der Waals surface area contributed by atoms with Crippen LogP contribution in [0.25, 0.3) is 39.8 Å². The lowest BCUT2D eigenvalue weighted by molar-refractivity contribution is 0.659. The predicted molar refractivity (Wildman–Crippen MR) is 264 cm³/mol. The van der Waals surface area contributed by atoms with Crippen LogP contribution >= 0.6 is 0 Å². The molecule has 2 heterocycles. The van der Waals surface area contributed by atoms with Crippen LogP contribution in [0.4, 0.5) is 17.1 Å². The molecule has 1 aromatic heterocycles. The summed E-state index contributed by atoms with van der Waals surface area (Å²) in [5.74, 6) is 1.38. The van der Waals surface area contributed by atoms with Crippen molar-refractivity contribution < 1.29 is 0 Å². The second kappa shape index (κ2) is 15.8. The number of rotatable bonds is 4. The Morgan fingerprint density at radius 3 is 2.40 bits per heavy atom. The Morgan fingerprint density at radius 2 is 1.55 bits per heavy atom. The van der Waals surface area contributed by atoms with E-state index in [0.717, 1.165) is 35.4 Å². The van der Waals surface area contributed by atoms with Crippen LogP contribution in [0, 0.1) is 5.92 Å². The van der Waals surface area contributed by atoms with Gasteiger partial charge < -0.3 is 10.6 Å². The fourth-order valence-corrected chi connectivity index (χ4v) is 10.4. The van der Waals surface area contributed by atoms with E-state index in [0.29, 0.717) is 12.1 Å². The van der Waals surface area contributed by atoms with E-state index < -0.39 is 0 Å². The Morgan fingerprint density at radius 1 is 0.774 bits per heavy atom. The van der Waals surface area contributed by atoms with Crippen molar-refractivity contribution in [2.45, 2.75) is 58.8 Å². The van der Waals surface area contributed by atoms with Crippen molar-refractivity contribution in [3.8, 4) is 11.1 Å². The van der Waals surface area contributed by atoms with E-state index >= 15 is 0 Å². The summed E-state index contributed by atoms with van der Waals surface area (Å²) in [6.45, 7) is 12.3. The first-order valence-electron chi connectivity index (χ1n) is 22.2. The molecule has 0 spiro atoms. The van der Waals surface area contributed by atoms with E-state index in [1.54, 1.807) is 0 Å². The van der Waals surface area contributed by atoms with Gasteiger partial charge in [0.15, 0.2) is 0 Å². The first-order chi connectivity index (χ1) is 30.2. The number of fused-ring (bicyclic) bond motifs is 5. The maximum absolute atomic E-state index is 6.69. The number of para-hydroxylation sites is 2. The van der Waals surface area contributed by atoms with Crippen molar-refractivity contribution in [2.24, 2.45) is 10.9 Å². The Kier molecular flexibility index (Phi) is 10.0.